The molecule has 1 aromatic rings. The minimum Gasteiger partial charge on any atom is -0.480 e. The average Bonchev–Trinajstić information content (AvgIpc) is 2.81. The minimum atomic E-state index is -3.98. The first-order chi connectivity index (χ1) is 12.2. The number of sulfonamides is 1. The molecule has 1 saturated carbocycles. The Kier molecular flexibility index (Phi) is 4.51. The zero-order valence-electron chi connectivity index (χ0n) is 14.3. The molecule has 3 rings (SSSR count). The van der Waals surface area contributed by atoms with Gasteiger partial charge in [-0.05, 0) is 38.0 Å². The van der Waals surface area contributed by atoms with Crippen LogP contribution in [0.1, 0.15) is 59.7 Å². The molecule has 2 N–H and O–H groups in total. The second kappa shape index (κ2) is 6.39. The molecule has 1 aromatic carbocycles. The number of fused-ring (bicyclic) bond motifs is 1. The van der Waals surface area contributed by atoms with E-state index in [4.69, 9.17) is 0 Å². The number of rotatable bonds is 4. The van der Waals surface area contributed by atoms with Crippen molar-refractivity contribution in [1.29, 1.82) is 0 Å². The quantitative estimate of drug-likeness (QED) is 0.814. The van der Waals surface area contributed by atoms with Crippen molar-refractivity contribution in [2.45, 2.75) is 49.5 Å². The van der Waals surface area contributed by atoms with Crippen molar-refractivity contribution in [3.63, 3.8) is 0 Å². The predicted molar refractivity (Wildman–Crippen MR) is 91.3 cm³/mol. The number of carbonyl (C=O) groups excluding carboxylic acids is 2. The summed E-state index contributed by atoms with van der Waals surface area (Å²) in [5, 5.41) is 12.1. The maximum absolute atomic E-state index is 12.6. The summed E-state index contributed by atoms with van der Waals surface area (Å²) in [4.78, 5) is 36.2. The molecule has 0 atom stereocenters. The number of nitrogens with one attached hydrogen (secondary N) is 1. The van der Waals surface area contributed by atoms with Crippen LogP contribution < -0.4 is 5.32 Å². The monoisotopic (exact) mass is 380 g/mol. The van der Waals surface area contributed by atoms with Crippen LogP contribution in [0.4, 0.5) is 0 Å². The molecule has 1 fully saturated rings. The molecule has 8 nitrogen and oxygen atoms in total. The molecule has 0 radical (unpaired) electrons. The Morgan fingerprint density at radius 3 is 2.46 bits per heavy atom. The van der Waals surface area contributed by atoms with Gasteiger partial charge >= 0.3 is 5.97 Å². The van der Waals surface area contributed by atoms with E-state index in [0.717, 1.165) is 16.8 Å². The highest BCUT2D eigenvalue weighted by Gasteiger charge is 2.43. The van der Waals surface area contributed by atoms with Gasteiger partial charge in [0.25, 0.3) is 21.8 Å². The van der Waals surface area contributed by atoms with Gasteiger partial charge in [-0.15, -0.1) is 0 Å². The van der Waals surface area contributed by atoms with Crippen LogP contribution >= 0.6 is 0 Å². The number of hydrogen-bond donors (Lipinski definition) is 2. The van der Waals surface area contributed by atoms with Crippen molar-refractivity contribution in [3.8, 4) is 0 Å². The van der Waals surface area contributed by atoms with Gasteiger partial charge in [-0.2, -0.15) is 0 Å². The second-order valence-corrected chi connectivity index (χ2v) is 8.42. The summed E-state index contributed by atoms with van der Waals surface area (Å²) in [6.07, 6.45) is 2.98. The molecule has 0 unspecified atom stereocenters. The maximum atomic E-state index is 12.6. The van der Waals surface area contributed by atoms with Crippen molar-refractivity contribution in [2.75, 3.05) is 6.54 Å². The van der Waals surface area contributed by atoms with Gasteiger partial charge in [-0.1, -0.05) is 19.3 Å². The molecular weight excluding hydrogens is 360 g/mol. The predicted octanol–water partition coefficient (Wildman–Crippen LogP) is 1.37. The van der Waals surface area contributed by atoms with E-state index in [2.05, 4.69) is 5.32 Å². The molecule has 1 aliphatic heterocycles. The highest BCUT2D eigenvalue weighted by Crippen LogP contribution is 2.32. The van der Waals surface area contributed by atoms with Gasteiger partial charge in [0.05, 0.1) is 5.56 Å². The van der Waals surface area contributed by atoms with E-state index in [0.29, 0.717) is 25.7 Å². The van der Waals surface area contributed by atoms with Crippen LogP contribution in [0.15, 0.2) is 23.1 Å². The SMILES string of the molecule is CCN1C(=O)c2ccc(C(=O)NC3(C(=O)O)CCCCC3)cc2S1(=O)=O. The lowest BCUT2D eigenvalue weighted by molar-refractivity contribution is -0.145. The van der Waals surface area contributed by atoms with Gasteiger partial charge in [0.1, 0.15) is 10.4 Å². The second-order valence-electron chi connectivity index (χ2n) is 6.59. The van der Waals surface area contributed by atoms with E-state index in [9.17, 15) is 27.9 Å². The molecule has 0 saturated heterocycles. The lowest BCUT2D eigenvalue weighted by Gasteiger charge is -2.34. The molecular formula is C17H20N2O6S. The molecule has 2 amide bonds. The fourth-order valence-electron chi connectivity index (χ4n) is 3.57. The summed E-state index contributed by atoms with van der Waals surface area (Å²) in [6, 6.07) is 3.79. The summed E-state index contributed by atoms with van der Waals surface area (Å²) in [5.41, 5.74) is -1.29. The standard InChI is InChI=1S/C17H20N2O6S/c1-2-19-15(21)12-7-6-11(10-13(12)26(19,24)25)14(20)18-17(16(22)23)8-4-3-5-9-17/h6-7,10H,2-5,8-9H2,1H3,(H,18,20)(H,22,23). The van der Waals surface area contributed by atoms with Crippen LogP contribution in [-0.2, 0) is 14.8 Å². The number of carboxylic acids is 1. The van der Waals surface area contributed by atoms with Gasteiger partial charge in [-0.25, -0.2) is 17.5 Å². The number of hydrogen-bond acceptors (Lipinski definition) is 5. The fourth-order valence-corrected chi connectivity index (χ4v) is 5.17. The Labute approximate surface area is 151 Å². The summed E-state index contributed by atoms with van der Waals surface area (Å²) >= 11 is 0. The number of carboxylic acid groups (broad SMARTS) is 1. The molecule has 0 spiro atoms. The third-order valence-corrected chi connectivity index (χ3v) is 6.92. The summed E-state index contributed by atoms with van der Waals surface area (Å²) in [7, 11) is -3.98. The Balaban J connectivity index is 1.93. The molecule has 9 heteroatoms. The highest BCUT2D eigenvalue weighted by molar-refractivity contribution is 7.90. The normalized spacial score (nSPS) is 20.5. The van der Waals surface area contributed by atoms with Crippen LogP contribution in [0.2, 0.25) is 0 Å². The Morgan fingerprint density at radius 1 is 1.23 bits per heavy atom. The number of aliphatic carboxylic acids is 1. The number of nitrogens with zero attached hydrogens (tertiary/aromatic N) is 1. The number of carbonyl (C=O) groups is 3. The lowest BCUT2D eigenvalue weighted by Crippen LogP contribution is -2.55. The molecule has 0 bridgehead atoms. The third-order valence-electron chi connectivity index (χ3n) is 5.03. The van der Waals surface area contributed by atoms with Crippen LogP contribution in [0.5, 0.6) is 0 Å². The van der Waals surface area contributed by atoms with Crippen molar-refractivity contribution < 1.29 is 27.9 Å². The Morgan fingerprint density at radius 2 is 1.88 bits per heavy atom. The van der Waals surface area contributed by atoms with Crippen LogP contribution in [-0.4, -0.2) is 47.7 Å². The van der Waals surface area contributed by atoms with Gasteiger partial charge in [-0.3, -0.25) is 9.59 Å². The van der Waals surface area contributed by atoms with E-state index in [1.165, 1.54) is 12.1 Å². The molecule has 2 aliphatic rings. The van der Waals surface area contributed by atoms with E-state index in [1.807, 2.05) is 0 Å². The summed E-state index contributed by atoms with van der Waals surface area (Å²) < 4.78 is 25.6. The molecule has 1 aliphatic carbocycles. The van der Waals surface area contributed by atoms with Gasteiger partial charge in [0.15, 0.2) is 0 Å². The van der Waals surface area contributed by atoms with E-state index >= 15 is 0 Å². The summed E-state index contributed by atoms with van der Waals surface area (Å²) in [5.74, 6) is -2.37. The number of amides is 2. The average molecular weight is 380 g/mol. The van der Waals surface area contributed by atoms with Crippen molar-refractivity contribution in [1.82, 2.24) is 9.62 Å². The smallest absolute Gasteiger partial charge is 0.329 e. The van der Waals surface area contributed by atoms with Crippen LogP contribution in [0, 0.1) is 0 Å². The molecule has 1 heterocycles. The fraction of sp³-hybridized carbons (Fsp3) is 0.471. The molecule has 0 aromatic heterocycles. The first-order valence-electron chi connectivity index (χ1n) is 8.50. The van der Waals surface area contributed by atoms with E-state index in [1.54, 1.807) is 6.92 Å². The lowest BCUT2D eigenvalue weighted by atomic mass is 9.81. The van der Waals surface area contributed by atoms with E-state index in [-0.39, 0.29) is 22.6 Å². The molecule has 26 heavy (non-hydrogen) atoms. The van der Waals surface area contributed by atoms with Crippen molar-refractivity contribution in [3.05, 3.63) is 29.3 Å². The Bertz CT molecular complexity index is 887. The zero-order chi connectivity index (χ0) is 19.1. The van der Waals surface area contributed by atoms with Crippen LogP contribution in [0.3, 0.4) is 0 Å². The van der Waals surface area contributed by atoms with Crippen LogP contribution in [0.25, 0.3) is 0 Å². The highest BCUT2D eigenvalue weighted by atomic mass is 32.2. The van der Waals surface area contributed by atoms with Crippen molar-refractivity contribution in [2.24, 2.45) is 0 Å². The number of benzene rings is 1. The molecule has 140 valence electrons. The van der Waals surface area contributed by atoms with Crippen molar-refractivity contribution >= 4 is 27.8 Å². The van der Waals surface area contributed by atoms with Gasteiger partial charge < -0.3 is 10.4 Å². The Hall–Kier alpha value is -2.42. The first-order valence-corrected chi connectivity index (χ1v) is 9.94. The summed E-state index contributed by atoms with van der Waals surface area (Å²) in [6.45, 7) is 1.55. The third kappa shape index (κ3) is 2.76. The van der Waals surface area contributed by atoms with Gasteiger partial charge in [0, 0.05) is 12.1 Å². The van der Waals surface area contributed by atoms with Gasteiger partial charge in [0.2, 0.25) is 0 Å². The zero-order valence-corrected chi connectivity index (χ0v) is 15.1. The minimum absolute atomic E-state index is 0.000494. The topological polar surface area (TPSA) is 121 Å². The van der Waals surface area contributed by atoms with E-state index < -0.39 is 33.3 Å². The maximum Gasteiger partial charge on any atom is 0.329 e. The largest absolute Gasteiger partial charge is 0.480 e. The first kappa shape index (κ1) is 18.4.